The molecule has 106 valence electrons. The van der Waals surface area contributed by atoms with Crippen molar-refractivity contribution in [1.82, 2.24) is 15.1 Å². The van der Waals surface area contributed by atoms with Gasteiger partial charge < -0.3 is 9.26 Å². The molecule has 0 spiro atoms. The molecule has 7 heteroatoms. The van der Waals surface area contributed by atoms with E-state index in [4.69, 9.17) is 9.26 Å². The number of rotatable bonds is 4. The van der Waals surface area contributed by atoms with E-state index in [9.17, 15) is 4.79 Å². The average Bonchev–Trinajstić information content (AvgIpc) is 2.90. The minimum Gasteiger partial charge on any atom is -0.465 e. The predicted molar refractivity (Wildman–Crippen MR) is 74.9 cm³/mol. The molecule has 2 heterocycles. The topological polar surface area (TPSA) is 78.1 Å². The van der Waals surface area contributed by atoms with E-state index in [1.807, 2.05) is 6.07 Å². The van der Waals surface area contributed by atoms with Crippen LogP contribution in [0.5, 0.6) is 0 Å². The van der Waals surface area contributed by atoms with Crippen molar-refractivity contribution in [2.24, 2.45) is 0 Å². The highest BCUT2D eigenvalue weighted by Crippen LogP contribution is 2.25. The van der Waals surface area contributed by atoms with Gasteiger partial charge in [-0.1, -0.05) is 5.16 Å². The first kappa shape index (κ1) is 14.6. The van der Waals surface area contributed by atoms with Crippen LogP contribution in [-0.4, -0.2) is 27.7 Å². The van der Waals surface area contributed by atoms with Crippen molar-refractivity contribution in [3.8, 4) is 11.5 Å². The molecule has 0 aliphatic carbocycles. The van der Waals surface area contributed by atoms with Crippen LogP contribution < -0.4 is 0 Å². The van der Waals surface area contributed by atoms with Gasteiger partial charge in [-0.05, 0) is 48.8 Å². The number of ether oxygens (including phenoxy) is 1. The van der Waals surface area contributed by atoms with Gasteiger partial charge in [0.25, 0.3) is 0 Å². The SMILES string of the molecule is CCOC(=O)C(C)(C)c1nc(-c2ccc(Br)cn2)no1. The van der Waals surface area contributed by atoms with Crippen LogP contribution in [0.15, 0.2) is 27.3 Å². The smallest absolute Gasteiger partial charge is 0.321 e. The summed E-state index contributed by atoms with van der Waals surface area (Å²) >= 11 is 3.30. The molecule has 2 aromatic rings. The van der Waals surface area contributed by atoms with Gasteiger partial charge >= 0.3 is 5.97 Å². The van der Waals surface area contributed by atoms with Crippen LogP contribution in [-0.2, 0) is 14.9 Å². The molecule has 0 N–H and O–H groups in total. The number of aromatic nitrogens is 3. The molecule has 0 amide bonds. The molecule has 0 fully saturated rings. The highest BCUT2D eigenvalue weighted by atomic mass is 79.9. The number of nitrogens with zero attached hydrogens (tertiary/aromatic N) is 3. The normalized spacial score (nSPS) is 11.4. The van der Waals surface area contributed by atoms with Gasteiger partial charge in [-0.15, -0.1) is 0 Å². The predicted octanol–water partition coefficient (Wildman–Crippen LogP) is 2.73. The Kier molecular flexibility index (Phi) is 4.17. The Morgan fingerprint density at radius 2 is 2.20 bits per heavy atom. The summed E-state index contributed by atoms with van der Waals surface area (Å²) in [5.41, 5.74) is -0.417. The Morgan fingerprint density at radius 3 is 2.80 bits per heavy atom. The molecule has 2 rings (SSSR count). The lowest BCUT2D eigenvalue weighted by Gasteiger charge is -2.16. The molecule has 0 saturated carbocycles. The van der Waals surface area contributed by atoms with Crippen LogP contribution in [0.4, 0.5) is 0 Å². The van der Waals surface area contributed by atoms with Crippen molar-refractivity contribution in [2.75, 3.05) is 6.61 Å². The summed E-state index contributed by atoms with van der Waals surface area (Å²) in [7, 11) is 0. The van der Waals surface area contributed by atoms with Gasteiger partial charge in [-0.25, -0.2) is 0 Å². The summed E-state index contributed by atoms with van der Waals surface area (Å²) in [6, 6.07) is 3.59. The summed E-state index contributed by atoms with van der Waals surface area (Å²) < 4.78 is 11.0. The molecule has 0 aromatic carbocycles. The highest BCUT2D eigenvalue weighted by Gasteiger charge is 2.37. The summed E-state index contributed by atoms with van der Waals surface area (Å²) in [6.45, 7) is 5.41. The van der Waals surface area contributed by atoms with Crippen LogP contribution >= 0.6 is 15.9 Å². The zero-order valence-corrected chi connectivity index (χ0v) is 13.0. The van der Waals surface area contributed by atoms with Crippen molar-refractivity contribution in [3.63, 3.8) is 0 Å². The molecular formula is C13H14BrN3O3. The summed E-state index contributed by atoms with van der Waals surface area (Å²) in [6.07, 6.45) is 1.64. The van der Waals surface area contributed by atoms with Crippen molar-refractivity contribution < 1.29 is 14.1 Å². The van der Waals surface area contributed by atoms with E-state index in [2.05, 4.69) is 31.1 Å². The highest BCUT2D eigenvalue weighted by molar-refractivity contribution is 9.10. The molecule has 2 aromatic heterocycles. The van der Waals surface area contributed by atoms with Gasteiger partial charge in [0.15, 0.2) is 0 Å². The van der Waals surface area contributed by atoms with E-state index < -0.39 is 11.4 Å². The number of halogens is 1. The molecule has 0 bridgehead atoms. The molecule has 0 aliphatic heterocycles. The largest absolute Gasteiger partial charge is 0.465 e. The quantitative estimate of drug-likeness (QED) is 0.797. The van der Waals surface area contributed by atoms with E-state index in [0.29, 0.717) is 18.1 Å². The molecule has 0 radical (unpaired) electrons. The van der Waals surface area contributed by atoms with E-state index in [1.165, 1.54) is 0 Å². The maximum atomic E-state index is 11.9. The van der Waals surface area contributed by atoms with Crippen LogP contribution in [0.1, 0.15) is 26.7 Å². The number of hydrogen-bond donors (Lipinski definition) is 0. The Morgan fingerprint density at radius 1 is 1.45 bits per heavy atom. The third-order valence-corrected chi connectivity index (χ3v) is 3.17. The van der Waals surface area contributed by atoms with Crippen LogP contribution in [0, 0.1) is 0 Å². The zero-order chi connectivity index (χ0) is 14.8. The first-order valence-electron chi connectivity index (χ1n) is 6.08. The summed E-state index contributed by atoms with van der Waals surface area (Å²) in [5.74, 6) is 0.138. The monoisotopic (exact) mass is 339 g/mol. The first-order chi connectivity index (χ1) is 9.45. The number of hydrogen-bond acceptors (Lipinski definition) is 6. The van der Waals surface area contributed by atoms with Gasteiger partial charge in [0.05, 0.1) is 6.61 Å². The molecule has 6 nitrogen and oxygen atoms in total. The Labute approximate surface area is 124 Å². The van der Waals surface area contributed by atoms with Crippen LogP contribution in [0.3, 0.4) is 0 Å². The molecule has 0 saturated heterocycles. The molecule has 0 unspecified atom stereocenters. The van der Waals surface area contributed by atoms with Crippen molar-refractivity contribution in [3.05, 3.63) is 28.7 Å². The van der Waals surface area contributed by atoms with Gasteiger partial charge in [0.2, 0.25) is 11.7 Å². The fraction of sp³-hybridized carbons (Fsp3) is 0.385. The molecule has 0 aliphatic rings. The standard InChI is InChI=1S/C13H14BrN3O3/c1-4-19-12(18)13(2,3)11-16-10(17-20-11)9-6-5-8(14)7-15-9/h5-7H,4H2,1-3H3. The van der Waals surface area contributed by atoms with E-state index in [-0.39, 0.29) is 5.89 Å². The lowest BCUT2D eigenvalue weighted by molar-refractivity contribution is -0.149. The van der Waals surface area contributed by atoms with E-state index in [1.54, 1.807) is 33.0 Å². The number of carbonyl (C=O) groups excluding carboxylic acids is 1. The number of esters is 1. The van der Waals surface area contributed by atoms with Crippen LogP contribution in [0.2, 0.25) is 0 Å². The van der Waals surface area contributed by atoms with Gasteiger partial charge in [0, 0.05) is 10.7 Å². The summed E-state index contributed by atoms with van der Waals surface area (Å²) in [4.78, 5) is 20.3. The van der Waals surface area contributed by atoms with Crippen molar-refractivity contribution in [1.29, 1.82) is 0 Å². The van der Waals surface area contributed by atoms with Gasteiger partial charge in [0.1, 0.15) is 11.1 Å². The number of pyridine rings is 1. The average molecular weight is 340 g/mol. The third-order valence-electron chi connectivity index (χ3n) is 2.70. The van der Waals surface area contributed by atoms with E-state index >= 15 is 0 Å². The van der Waals surface area contributed by atoms with Crippen molar-refractivity contribution >= 4 is 21.9 Å². The summed E-state index contributed by atoms with van der Waals surface area (Å²) in [5, 5.41) is 3.85. The molecule has 20 heavy (non-hydrogen) atoms. The Hall–Kier alpha value is -1.76. The van der Waals surface area contributed by atoms with Crippen LogP contribution in [0.25, 0.3) is 11.5 Å². The zero-order valence-electron chi connectivity index (χ0n) is 11.4. The molecule has 0 atom stereocenters. The molecular weight excluding hydrogens is 326 g/mol. The Balaban J connectivity index is 2.28. The number of carbonyl (C=O) groups is 1. The second-order valence-electron chi connectivity index (χ2n) is 4.63. The minimum atomic E-state index is -0.989. The fourth-order valence-corrected chi connectivity index (χ4v) is 1.72. The first-order valence-corrected chi connectivity index (χ1v) is 6.87. The second kappa shape index (κ2) is 5.70. The van der Waals surface area contributed by atoms with Gasteiger partial charge in [-0.2, -0.15) is 4.98 Å². The maximum absolute atomic E-state index is 11.9. The lowest BCUT2D eigenvalue weighted by Crippen LogP contribution is -2.31. The lowest BCUT2D eigenvalue weighted by atomic mass is 9.94. The minimum absolute atomic E-state index is 0.204. The maximum Gasteiger partial charge on any atom is 0.321 e. The van der Waals surface area contributed by atoms with Gasteiger partial charge in [-0.3, -0.25) is 9.78 Å². The fourth-order valence-electron chi connectivity index (χ4n) is 1.49. The van der Waals surface area contributed by atoms with Crippen molar-refractivity contribution in [2.45, 2.75) is 26.2 Å². The second-order valence-corrected chi connectivity index (χ2v) is 5.55. The van der Waals surface area contributed by atoms with E-state index in [0.717, 1.165) is 4.47 Å². The Bertz CT molecular complexity index is 608. The third kappa shape index (κ3) is 2.87.